The van der Waals surface area contributed by atoms with Crippen molar-refractivity contribution >= 4 is 10.0 Å². The summed E-state index contributed by atoms with van der Waals surface area (Å²) in [6.07, 6.45) is 0. The number of halogens is 1. The molecule has 118 valence electrons. The van der Waals surface area contributed by atoms with Crippen LogP contribution in [0, 0.1) is 5.82 Å². The molecule has 4 nitrogen and oxygen atoms in total. The highest BCUT2D eigenvalue weighted by atomic mass is 32.2. The minimum Gasteiger partial charge on any atom is -0.497 e. The molecule has 0 saturated carbocycles. The van der Waals surface area contributed by atoms with Gasteiger partial charge in [-0.15, -0.1) is 0 Å². The highest BCUT2D eigenvalue weighted by molar-refractivity contribution is 7.88. The van der Waals surface area contributed by atoms with E-state index in [2.05, 4.69) is 0 Å². The van der Waals surface area contributed by atoms with Gasteiger partial charge in [-0.05, 0) is 23.8 Å². The first-order valence-electron chi connectivity index (χ1n) is 6.73. The number of ether oxygens (including phenoxy) is 1. The average Bonchev–Trinajstić information content (AvgIpc) is 2.49. The summed E-state index contributed by atoms with van der Waals surface area (Å²) in [6, 6.07) is 13.1. The SMILES string of the molecule is COc1cccc(CN(C)S(=O)(=O)Cc2ccccc2F)c1. The fourth-order valence-electron chi connectivity index (χ4n) is 2.05. The molecule has 0 fully saturated rings. The Bertz CT molecular complexity index is 747. The molecule has 2 aromatic carbocycles. The van der Waals surface area contributed by atoms with Crippen molar-refractivity contribution in [3.63, 3.8) is 0 Å². The van der Waals surface area contributed by atoms with E-state index in [1.54, 1.807) is 31.4 Å². The van der Waals surface area contributed by atoms with Crippen molar-refractivity contribution in [2.75, 3.05) is 14.2 Å². The predicted molar refractivity (Wildman–Crippen MR) is 83.5 cm³/mol. The molecule has 2 rings (SSSR count). The summed E-state index contributed by atoms with van der Waals surface area (Å²) >= 11 is 0. The zero-order valence-electron chi connectivity index (χ0n) is 12.5. The van der Waals surface area contributed by atoms with Gasteiger partial charge in [0.2, 0.25) is 10.0 Å². The second-order valence-corrected chi connectivity index (χ2v) is 7.03. The van der Waals surface area contributed by atoms with Gasteiger partial charge in [0.05, 0.1) is 12.9 Å². The van der Waals surface area contributed by atoms with Crippen LogP contribution in [0.5, 0.6) is 5.75 Å². The fourth-order valence-corrected chi connectivity index (χ4v) is 3.24. The van der Waals surface area contributed by atoms with Crippen molar-refractivity contribution in [3.8, 4) is 5.75 Å². The maximum atomic E-state index is 13.6. The van der Waals surface area contributed by atoms with Crippen molar-refractivity contribution in [2.45, 2.75) is 12.3 Å². The molecule has 0 aliphatic heterocycles. The Morgan fingerprint density at radius 3 is 2.55 bits per heavy atom. The van der Waals surface area contributed by atoms with E-state index in [0.717, 1.165) is 5.56 Å². The monoisotopic (exact) mass is 323 g/mol. The summed E-state index contributed by atoms with van der Waals surface area (Å²) in [6.45, 7) is 0.202. The minimum atomic E-state index is -3.60. The number of rotatable bonds is 6. The lowest BCUT2D eigenvalue weighted by Crippen LogP contribution is -2.28. The highest BCUT2D eigenvalue weighted by Crippen LogP contribution is 2.18. The zero-order valence-corrected chi connectivity index (χ0v) is 13.3. The van der Waals surface area contributed by atoms with Gasteiger partial charge in [-0.25, -0.2) is 17.1 Å². The number of sulfonamides is 1. The second-order valence-electron chi connectivity index (χ2n) is 4.96. The normalized spacial score (nSPS) is 11.6. The van der Waals surface area contributed by atoms with Crippen LogP contribution >= 0.6 is 0 Å². The van der Waals surface area contributed by atoms with Crippen molar-refractivity contribution in [1.82, 2.24) is 4.31 Å². The minimum absolute atomic E-state index is 0.167. The lowest BCUT2D eigenvalue weighted by molar-refractivity contribution is 0.412. The van der Waals surface area contributed by atoms with E-state index in [1.165, 1.54) is 29.6 Å². The first-order chi connectivity index (χ1) is 10.4. The Kier molecular flexibility index (Phi) is 5.15. The van der Waals surface area contributed by atoms with E-state index in [4.69, 9.17) is 4.74 Å². The lowest BCUT2D eigenvalue weighted by Gasteiger charge is -2.18. The molecular weight excluding hydrogens is 305 g/mol. The summed E-state index contributed by atoms with van der Waals surface area (Å²) in [7, 11) is -0.566. The van der Waals surface area contributed by atoms with Gasteiger partial charge in [-0.1, -0.05) is 30.3 Å². The molecule has 0 N–H and O–H groups in total. The summed E-state index contributed by atoms with van der Waals surface area (Å²) in [5, 5.41) is 0. The molecule has 0 saturated heterocycles. The number of nitrogens with zero attached hydrogens (tertiary/aromatic N) is 1. The van der Waals surface area contributed by atoms with Gasteiger partial charge in [0.1, 0.15) is 11.6 Å². The Hall–Kier alpha value is -1.92. The van der Waals surface area contributed by atoms with Gasteiger partial charge in [0, 0.05) is 19.2 Å². The first-order valence-corrected chi connectivity index (χ1v) is 8.33. The first kappa shape index (κ1) is 16.5. The van der Waals surface area contributed by atoms with Crippen LogP contribution in [0.3, 0.4) is 0 Å². The van der Waals surface area contributed by atoms with E-state index in [-0.39, 0.29) is 17.9 Å². The maximum absolute atomic E-state index is 13.6. The van der Waals surface area contributed by atoms with E-state index in [1.807, 2.05) is 6.07 Å². The lowest BCUT2D eigenvalue weighted by atomic mass is 10.2. The van der Waals surface area contributed by atoms with Gasteiger partial charge >= 0.3 is 0 Å². The number of hydrogen-bond acceptors (Lipinski definition) is 3. The number of methoxy groups -OCH3 is 1. The van der Waals surface area contributed by atoms with Crippen LogP contribution in [0.15, 0.2) is 48.5 Å². The molecule has 0 atom stereocenters. The third kappa shape index (κ3) is 4.05. The second kappa shape index (κ2) is 6.89. The Morgan fingerprint density at radius 1 is 1.14 bits per heavy atom. The summed E-state index contributed by atoms with van der Waals surface area (Å²) in [5.74, 6) is -0.210. The largest absolute Gasteiger partial charge is 0.497 e. The molecule has 0 spiro atoms. The van der Waals surface area contributed by atoms with E-state index in [9.17, 15) is 12.8 Å². The van der Waals surface area contributed by atoms with E-state index >= 15 is 0 Å². The van der Waals surface area contributed by atoms with Gasteiger partial charge in [-0.2, -0.15) is 0 Å². The number of benzene rings is 2. The molecule has 0 amide bonds. The molecule has 2 aromatic rings. The van der Waals surface area contributed by atoms with E-state index < -0.39 is 15.8 Å². The maximum Gasteiger partial charge on any atom is 0.218 e. The van der Waals surface area contributed by atoms with Crippen LogP contribution in [0.2, 0.25) is 0 Å². The third-order valence-electron chi connectivity index (χ3n) is 3.31. The van der Waals surface area contributed by atoms with Crippen molar-refractivity contribution < 1.29 is 17.5 Å². The average molecular weight is 323 g/mol. The predicted octanol–water partition coefficient (Wildman–Crippen LogP) is 2.80. The quantitative estimate of drug-likeness (QED) is 0.821. The molecule has 0 unspecified atom stereocenters. The molecule has 0 aliphatic rings. The smallest absolute Gasteiger partial charge is 0.218 e. The zero-order chi connectivity index (χ0) is 16.2. The van der Waals surface area contributed by atoms with Gasteiger partial charge in [-0.3, -0.25) is 0 Å². The van der Waals surface area contributed by atoms with Crippen LogP contribution in [-0.4, -0.2) is 26.9 Å². The fraction of sp³-hybridized carbons (Fsp3) is 0.250. The molecule has 22 heavy (non-hydrogen) atoms. The van der Waals surface area contributed by atoms with Crippen LogP contribution in [0.25, 0.3) is 0 Å². The van der Waals surface area contributed by atoms with E-state index in [0.29, 0.717) is 5.75 Å². The summed E-state index contributed by atoms with van der Waals surface area (Å²) < 4.78 is 44.6. The molecular formula is C16H18FNO3S. The van der Waals surface area contributed by atoms with Crippen molar-refractivity contribution in [1.29, 1.82) is 0 Å². The Labute approximate surface area is 130 Å². The highest BCUT2D eigenvalue weighted by Gasteiger charge is 2.20. The molecule has 0 heterocycles. The molecule has 0 aromatic heterocycles. The van der Waals surface area contributed by atoms with Gasteiger partial charge in [0.15, 0.2) is 0 Å². The molecule has 6 heteroatoms. The van der Waals surface area contributed by atoms with Crippen LogP contribution in [0.4, 0.5) is 4.39 Å². The topological polar surface area (TPSA) is 46.6 Å². The summed E-state index contributed by atoms with van der Waals surface area (Å²) in [4.78, 5) is 0. The van der Waals surface area contributed by atoms with Crippen LogP contribution < -0.4 is 4.74 Å². The van der Waals surface area contributed by atoms with Crippen LogP contribution in [0.1, 0.15) is 11.1 Å². The number of hydrogen-bond donors (Lipinski definition) is 0. The standard InChI is InChI=1S/C16H18FNO3S/c1-18(11-13-6-5-8-15(10-13)21-2)22(19,20)12-14-7-3-4-9-16(14)17/h3-10H,11-12H2,1-2H3. The summed E-state index contributed by atoms with van der Waals surface area (Å²) in [5.41, 5.74) is 0.971. The Balaban J connectivity index is 2.13. The van der Waals surface area contributed by atoms with Crippen molar-refractivity contribution in [3.05, 3.63) is 65.5 Å². The molecule has 0 radical (unpaired) electrons. The Morgan fingerprint density at radius 2 is 1.86 bits per heavy atom. The molecule has 0 aliphatic carbocycles. The molecule has 0 bridgehead atoms. The third-order valence-corrected chi connectivity index (χ3v) is 5.06. The van der Waals surface area contributed by atoms with Crippen LogP contribution in [-0.2, 0) is 22.3 Å². The van der Waals surface area contributed by atoms with Gasteiger partial charge < -0.3 is 4.74 Å². The van der Waals surface area contributed by atoms with Crippen molar-refractivity contribution in [2.24, 2.45) is 0 Å². The van der Waals surface area contributed by atoms with Gasteiger partial charge in [0.25, 0.3) is 0 Å².